The SMILES string of the molecule is CCN(CCCOc1ccc(-c2cccc(S(=O)(=O)C3CC3)c2)c2c1[nH]c1ncc(C)cc12)C(OP(=O)(O)O)C(F)F. The van der Waals surface area contributed by atoms with Crippen molar-refractivity contribution in [1.82, 2.24) is 14.9 Å². The topological polar surface area (TPSA) is 142 Å². The molecule has 2 aromatic carbocycles. The van der Waals surface area contributed by atoms with Gasteiger partial charge in [0.05, 0.1) is 22.3 Å². The molecule has 1 atom stereocenters. The minimum Gasteiger partial charge on any atom is -0.491 e. The highest BCUT2D eigenvalue weighted by molar-refractivity contribution is 7.92. The van der Waals surface area contributed by atoms with E-state index >= 15 is 0 Å². The Morgan fingerprint density at radius 2 is 1.95 bits per heavy atom. The number of halogens is 2. The van der Waals surface area contributed by atoms with E-state index in [9.17, 15) is 21.8 Å². The van der Waals surface area contributed by atoms with Gasteiger partial charge >= 0.3 is 7.82 Å². The monoisotopic (exact) mass is 623 g/mol. The van der Waals surface area contributed by atoms with Gasteiger partial charge in [0.15, 0.2) is 16.1 Å². The van der Waals surface area contributed by atoms with Crippen LogP contribution in [0.2, 0.25) is 0 Å². The molecule has 10 nitrogen and oxygen atoms in total. The maximum Gasteiger partial charge on any atom is 0.471 e. The molecule has 5 rings (SSSR count). The number of hydrogen-bond acceptors (Lipinski definition) is 7. The van der Waals surface area contributed by atoms with Gasteiger partial charge in [-0.15, -0.1) is 0 Å². The van der Waals surface area contributed by atoms with Gasteiger partial charge in [0.2, 0.25) is 0 Å². The number of rotatable bonds is 13. The summed E-state index contributed by atoms with van der Waals surface area (Å²) in [6.45, 7) is 3.76. The largest absolute Gasteiger partial charge is 0.491 e. The molecule has 1 aliphatic rings. The number of nitrogens with zero attached hydrogens (tertiary/aromatic N) is 2. The minimum absolute atomic E-state index is 0.0441. The Balaban J connectivity index is 1.43. The fraction of sp³-hybridized carbons (Fsp3) is 0.393. The Hall–Kier alpha value is -2.93. The number of phosphoric ester groups is 1. The van der Waals surface area contributed by atoms with Crippen LogP contribution in [0.15, 0.2) is 53.6 Å². The summed E-state index contributed by atoms with van der Waals surface area (Å²) in [6.07, 6.45) is -1.82. The van der Waals surface area contributed by atoms with Crippen molar-refractivity contribution in [2.75, 3.05) is 19.7 Å². The lowest BCUT2D eigenvalue weighted by Gasteiger charge is -2.29. The number of fused-ring (bicyclic) bond motifs is 3. The molecule has 0 bridgehead atoms. The molecule has 3 N–H and O–H groups in total. The van der Waals surface area contributed by atoms with E-state index in [1.165, 1.54) is 0 Å². The Morgan fingerprint density at radius 3 is 2.62 bits per heavy atom. The summed E-state index contributed by atoms with van der Waals surface area (Å²) in [5.41, 5.74) is 3.75. The van der Waals surface area contributed by atoms with Crippen LogP contribution in [0.4, 0.5) is 8.78 Å². The Kier molecular flexibility index (Phi) is 8.71. The summed E-state index contributed by atoms with van der Waals surface area (Å²) in [4.78, 5) is 27.3. The van der Waals surface area contributed by atoms with Gasteiger partial charge in [0, 0.05) is 23.5 Å². The normalized spacial score (nSPS) is 15.2. The summed E-state index contributed by atoms with van der Waals surface area (Å²) >= 11 is 0. The molecule has 1 saturated carbocycles. The van der Waals surface area contributed by atoms with Crippen LogP contribution in [0, 0.1) is 6.92 Å². The van der Waals surface area contributed by atoms with Gasteiger partial charge in [0.1, 0.15) is 11.4 Å². The molecule has 0 aliphatic heterocycles. The molecule has 0 saturated heterocycles. The second-order valence-electron chi connectivity index (χ2n) is 10.3. The first-order valence-corrected chi connectivity index (χ1v) is 16.6. The Labute approximate surface area is 241 Å². The van der Waals surface area contributed by atoms with Crippen molar-refractivity contribution in [2.24, 2.45) is 0 Å². The van der Waals surface area contributed by atoms with E-state index in [1.54, 1.807) is 37.4 Å². The standard InChI is InChI=1S/C28H32F2N3O7PS/c1-3-33(28(26(29)30)40-41(34,35)36)12-5-13-39-23-11-10-21(24-22-14-17(2)16-31-27(22)32-25(23)24)18-6-4-7-20(15-18)42(37,38)19-8-9-19/h4,6-7,10-11,14-16,19,26,28H,3,5,8-9,12-13H2,1-2H3,(H,31,32)(H2,34,35,36). The second-order valence-corrected chi connectivity index (χ2v) is 13.7. The van der Waals surface area contributed by atoms with Crippen LogP contribution in [0.3, 0.4) is 0 Å². The average molecular weight is 624 g/mol. The van der Waals surface area contributed by atoms with Crippen molar-refractivity contribution in [3.8, 4) is 16.9 Å². The molecule has 0 amide bonds. The predicted octanol–water partition coefficient (Wildman–Crippen LogP) is 5.42. The van der Waals surface area contributed by atoms with E-state index < -0.39 is 30.3 Å². The number of aromatic amines is 1. The molecule has 2 heterocycles. The number of hydrogen-bond donors (Lipinski definition) is 3. The molecule has 1 unspecified atom stereocenters. The number of aromatic nitrogens is 2. The highest BCUT2D eigenvalue weighted by Crippen LogP contribution is 2.41. The number of benzene rings is 2. The zero-order chi connectivity index (χ0) is 30.2. The molecule has 4 aromatic rings. The van der Waals surface area contributed by atoms with Crippen molar-refractivity contribution in [3.63, 3.8) is 0 Å². The number of H-pyrrole nitrogens is 1. The lowest BCUT2D eigenvalue weighted by molar-refractivity contribution is -0.0941. The first-order valence-electron chi connectivity index (χ1n) is 13.5. The van der Waals surface area contributed by atoms with Crippen LogP contribution in [0.25, 0.3) is 33.1 Å². The first-order chi connectivity index (χ1) is 19.9. The molecule has 42 heavy (non-hydrogen) atoms. The van der Waals surface area contributed by atoms with E-state index in [4.69, 9.17) is 14.5 Å². The molecule has 226 valence electrons. The third-order valence-corrected chi connectivity index (χ3v) is 9.97. The third kappa shape index (κ3) is 6.51. The zero-order valence-corrected chi connectivity index (χ0v) is 24.7. The summed E-state index contributed by atoms with van der Waals surface area (Å²) in [6, 6.07) is 12.5. The first kappa shape index (κ1) is 30.5. The third-order valence-electron chi connectivity index (χ3n) is 7.22. The number of pyridine rings is 1. The van der Waals surface area contributed by atoms with Crippen molar-refractivity contribution in [3.05, 3.63) is 54.2 Å². The molecule has 0 radical (unpaired) electrons. The Bertz CT molecular complexity index is 1760. The molecular formula is C28H32F2N3O7PS. The van der Waals surface area contributed by atoms with Crippen LogP contribution >= 0.6 is 7.82 Å². The number of nitrogens with one attached hydrogen (secondary N) is 1. The lowest BCUT2D eigenvalue weighted by Crippen LogP contribution is -2.42. The van der Waals surface area contributed by atoms with Crippen molar-refractivity contribution >= 4 is 39.6 Å². The van der Waals surface area contributed by atoms with Crippen LogP contribution in [0.5, 0.6) is 5.75 Å². The summed E-state index contributed by atoms with van der Waals surface area (Å²) in [5, 5.41) is 1.32. The summed E-state index contributed by atoms with van der Waals surface area (Å²) in [7, 11) is -8.50. The molecule has 0 spiro atoms. The highest BCUT2D eigenvalue weighted by Gasteiger charge is 2.37. The van der Waals surface area contributed by atoms with Gasteiger partial charge in [-0.3, -0.25) is 9.42 Å². The lowest BCUT2D eigenvalue weighted by atomic mass is 9.99. The van der Waals surface area contributed by atoms with Crippen molar-refractivity contribution in [1.29, 1.82) is 0 Å². The van der Waals surface area contributed by atoms with Gasteiger partial charge < -0.3 is 19.5 Å². The molecule has 14 heteroatoms. The fourth-order valence-electron chi connectivity index (χ4n) is 5.07. The van der Waals surface area contributed by atoms with Gasteiger partial charge in [-0.05, 0) is 79.8 Å². The van der Waals surface area contributed by atoms with E-state index in [0.717, 1.165) is 32.4 Å². The van der Waals surface area contributed by atoms with Gasteiger partial charge in [-0.25, -0.2) is 26.7 Å². The highest BCUT2D eigenvalue weighted by atomic mass is 32.2. The van der Waals surface area contributed by atoms with E-state index in [1.807, 2.05) is 25.1 Å². The maximum atomic E-state index is 13.5. The van der Waals surface area contributed by atoms with E-state index in [0.29, 0.717) is 29.8 Å². The predicted molar refractivity (Wildman–Crippen MR) is 154 cm³/mol. The van der Waals surface area contributed by atoms with Crippen LogP contribution < -0.4 is 4.74 Å². The number of alkyl halides is 2. The van der Waals surface area contributed by atoms with E-state index in [-0.39, 0.29) is 36.3 Å². The maximum absolute atomic E-state index is 13.5. The number of ether oxygens (including phenoxy) is 1. The number of phosphoric acid groups is 1. The second kappa shape index (κ2) is 12.0. The van der Waals surface area contributed by atoms with Crippen molar-refractivity contribution in [2.45, 2.75) is 55.9 Å². The van der Waals surface area contributed by atoms with Crippen LogP contribution in [-0.2, 0) is 18.9 Å². The Morgan fingerprint density at radius 1 is 1.19 bits per heavy atom. The van der Waals surface area contributed by atoms with Crippen molar-refractivity contribution < 1.29 is 40.8 Å². The number of aryl methyl sites for hydroxylation is 1. The van der Waals surface area contributed by atoms with Gasteiger partial charge in [-0.1, -0.05) is 19.1 Å². The van der Waals surface area contributed by atoms with Gasteiger partial charge in [0.25, 0.3) is 6.43 Å². The van der Waals surface area contributed by atoms with Crippen LogP contribution in [-0.4, -0.2) is 70.7 Å². The van der Waals surface area contributed by atoms with Crippen LogP contribution in [0.1, 0.15) is 31.7 Å². The molecule has 1 aliphatic carbocycles. The minimum atomic E-state index is -5.12. The molecular weight excluding hydrogens is 591 g/mol. The molecule has 1 fully saturated rings. The average Bonchev–Trinajstić information content (AvgIpc) is 3.74. The molecule has 2 aromatic heterocycles. The van der Waals surface area contributed by atoms with Gasteiger partial charge in [-0.2, -0.15) is 0 Å². The number of sulfone groups is 1. The summed E-state index contributed by atoms with van der Waals surface area (Å²) in [5.74, 6) is 0.492. The van der Waals surface area contributed by atoms with E-state index in [2.05, 4.69) is 14.5 Å². The quantitative estimate of drug-likeness (QED) is 0.101. The summed E-state index contributed by atoms with van der Waals surface area (Å²) < 4.78 is 74.4. The smallest absolute Gasteiger partial charge is 0.471 e. The fourth-order valence-corrected chi connectivity index (χ4v) is 7.27. The zero-order valence-electron chi connectivity index (χ0n) is 23.0.